The van der Waals surface area contributed by atoms with Crippen LogP contribution in [0.2, 0.25) is 0 Å². The van der Waals surface area contributed by atoms with Gasteiger partial charge in [0.1, 0.15) is 11.6 Å². The van der Waals surface area contributed by atoms with Crippen LogP contribution in [0.4, 0.5) is 4.39 Å². The van der Waals surface area contributed by atoms with Gasteiger partial charge in [0.15, 0.2) is 5.96 Å². The molecule has 31 heavy (non-hydrogen) atoms. The second-order valence-corrected chi connectivity index (χ2v) is 8.17. The fourth-order valence-electron chi connectivity index (χ4n) is 4.15. The molecule has 1 unspecified atom stereocenters. The van der Waals surface area contributed by atoms with Gasteiger partial charge in [-0.3, -0.25) is 9.79 Å². The summed E-state index contributed by atoms with van der Waals surface area (Å²) in [4.78, 5) is 19.3. The highest BCUT2D eigenvalue weighted by atomic mass is 127. The lowest BCUT2D eigenvalue weighted by molar-refractivity contribution is -0.134. The number of nitrogens with zero attached hydrogens (tertiary/aromatic N) is 2. The third-order valence-corrected chi connectivity index (χ3v) is 5.79. The Morgan fingerprint density at radius 1 is 1.19 bits per heavy atom. The van der Waals surface area contributed by atoms with Crippen molar-refractivity contribution in [2.75, 3.05) is 32.8 Å². The van der Waals surface area contributed by atoms with Crippen LogP contribution in [0.3, 0.4) is 0 Å². The number of hydrogen-bond acceptors (Lipinski definition) is 3. The molecular weight excluding hydrogens is 510 g/mol. The second kappa shape index (κ2) is 13.8. The summed E-state index contributed by atoms with van der Waals surface area (Å²) in [6.07, 6.45) is 7.26. The second-order valence-electron chi connectivity index (χ2n) is 8.17. The first-order valence-electron chi connectivity index (χ1n) is 11.4. The van der Waals surface area contributed by atoms with Crippen LogP contribution in [0.1, 0.15) is 51.9 Å². The van der Waals surface area contributed by atoms with Crippen LogP contribution < -0.4 is 15.4 Å². The molecule has 1 aliphatic carbocycles. The topological polar surface area (TPSA) is 66.0 Å². The van der Waals surface area contributed by atoms with Crippen molar-refractivity contribution < 1.29 is 13.9 Å². The van der Waals surface area contributed by atoms with E-state index in [4.69, 9.17) is 4.74 Å². The van der Waals surface area contributed by atoms with E-state index in [0.29, 0.717) is 24.8 Å². The smallest absolute Gasteiger partial charge is 0.225 e. The molecule has 2 N–H and O–H groups in total. The first kappa shape index (κ1) is 25.7. The predicted octanol–water partition coefficient (Wildman–Crippen LogP) is 3.95. The van der Waals surface area contributed by atoms with Gasteiger partial charge in [0.25, 0.3) is 0 Å². The SMILES string of the molecule is CCNC(=NCCCCOc1ccc(F)cc1)NC1CCN(C(=O)C2CCCC2)C1.I. The monoisotopic (exact) mass is 546 g/mol. The molecule has 2 aliphatic rings. The Labute approximate surface area is 202 Å². The number of guanidine groups is 1. The first-order valence-corrected chi connectivity index (χ1v) is 11.4. The number of carbonyl (C=O) groups excluding carboxylic acids is 1. The minimum Gasteiger partial charge on any atom is -0.494 e. The quantitative estimate of drug-likeness (QED) is 0.213. The van der Waals surface area contributed by atoms with Crippen LogP contribution in [0.15, 0.2) is 29.3 Å². The molecule has 2 fully saturated rings. The van der Waals surface area contributed by atoms with Gasteiger partial charge in [0.2, 0.25) is 5.91 Å². The van der Waals surface area contributed by atoms with E-state index in [0.717, 1.165) is 57.7 Å². The molecule has 1 aromatic carbocycles. The molecule has 1 saturated carbocycles. The number of likely N-dealkylation sites (tertiary alicyclic amines) is 1. The summed E-state index contributed by atoms with van der Waals surface area (Å²) in [7, 11) is 0. The van der Waals surface area contributed by atoms with Crippen molar-refractivity contribution >= 4 is 35.8 Å². The van der Waals surface area contributed by atoms with Gasteiger partial charge in [-0.1, -0.05) is 12.8 Å². The van der Waals surface area contributed by atoms with Crippen LogP contribution in [-0.2, 0) is 4.79 Å². The number of ether oxygens (including phenoxy) is 1. The Balaban J connectivity index is 0.00000341. The fourth-order valence-corrected chi connectivity index (χ4v) is 4.15. The minimum absolute atomic E-state index is 0. The number of hydrogen-bond donors (Lipinski definition) is 2. The van der Waals surface area contributed by atoms with Gasteiger partial charge in [0, 0.05) is 38.1 Å². The summed E-state index contributed by atoms with van der Waals surface area (Å²) < 4.78 is 18.5. The van der Waals surface area contributed by atoms with E-state index >= 15 is 0 Å². The molecule has 1 aromatic rings. The van der Waals surface area contributed by atoms with Crippen molar-refractivity contribution in [3.63, 3.8) is 0 Å². The number of halogens is 2. The minimum atomic E-state index is -0.256. The molecule has 6 nitrogen and oxygen atoms in total. The van der Waals surface area contributed by atoms with Crippen molar-refractivity contribution in [3.05, 3.63) is 30.1 Å². The summed E-state index contributed by atoms with van der Waals surface area (Å²) in [5.41, 5.74) is 0. The Bertz CT molecular complexity index is 695. The van der Waals surface area contributed by atoms with E-state index in [1.807, 2.05) is 4.90 Å². The number of rotatable bonds is 9. The maximum absolute atomic E-state index is 12.9. The lowest BCUT2D eigenvalue weighted by Gasteiger charge is -2.21. The van der Waals surface area contributed by atoms with Gasteiger partial charge in [-0.2, -0.15) is 0 Å². The lowest BCUT2D eigenvalue weighted by Crippen LogP contribution is -2.45. The van der Waals surface area contributed by atoms with Gasteiger partial charge in [-0.25, -0.2) is 4.39 Å². The van der Waals surface area contributed by atoms with E-state index in [1.54, 1.807) is 12.1 Å². The van der Waals surface area contributed by atoms with Gasteiger partial charge in [-0.05, 0) is 63.3 Å². The Morgan fingerprint density at radius 2 is 1.94 bits per heavy atom. The molecule has 1 aliphatic heterocycles. The predicted molar refractivity (Wildman–Crippen MR) is 133 cm³/mol. The van der Waals surface area contributed by atoms with Gasteiger partial charge >= 0.3 is 0 Å². The lowest BCUT2D eigenvalue weighted by atomic mass is 10.1. The molecule has 174 valence electrons. The number of carbonyl (C=O) groups is 1. The maximum atomic E-state index is 12.9. The zero-order valence-corrected chi connectivity index (χ0v) is 20.8. The van der Waals surface area contributed by atoms with Crippen molar-refractivity contribution in [2.24, 2.45) is 10.9 Å². The zero-order chi connectivity index (χ0) is 21.2. The van der Waals surface area contributed by atoms with Gasteiger partial charge in [-0.15, -0.1) is 24.0 Å². The summed E-state index contributed by atoms with van der Waals surface area (Å²) in [6.45, 7) is 5.76. The Kier molecular flexibility index (Phi) is 11.4. The zero-order valence-electron chi connectivity index (χ0n) is 18.4. The van der Waals surface area contributed by atoms with E-state index in [1.165, 1.54) is 25.0 Å². The molecule has 8 heteroatoms. The molecule has 0 radical (unpaired) electrons. The number of benzene rings is 1. The van der Waals surface area contributed by atoms with Gasteiger partial charge < -0.3 is 20.3 Å². The molecule has 3 rings (SSSR count). The number of aliphatic imine (C=N–C) groups is 1. The third-order valence-electron chi connectivity index (χ3n) is 5.79. The van der Waals surface area contributed by atoms with E-state index in [-0.39, 0.29) is 41.8 Å². The van der Waals surface area contributed by atoms with Crippen molar-refractivity contribution in [3.8, 4) is 5.75 Å². The Hall–Kier alpha value is -1.58. The highest BCUT2D eigenvalue weighted by Gasteiger charge is 2.32. The van der Waals surface area contributed by atoms with Crippen LogP contribution in [0.5, 0.6) is 5.75 Å². The molecule has 1 heterocycles. The van der Waals surface area contributed by atoms with Crippen molar-refractivity contribution in [2.45, 2.75) is 57.9 Å². The summed E-state index contributed by atoms with van der Waals surface area (Å²) >= 11 is 0. The molecule has 0 spiro atoms. The number of nitrogens with one attached hydrogen (secondary N) is 2. The van der Waals surface area contributed by atoms with Crippen LogP contribution >= 0.6 is 24.0 Å². The van der Waals surface area contributed by atoms with Gasteiger partial charge in [0.05, 0.1) is 6.61 Å². The average Bonchev–Trinajstić information content (AvgIpc) is 3.44. The third kappa shape index (κ3) is 8.46. The molecule has 0 aromatic heterocycles. The van der Waals surface area contributed by atoms with Crippen LogP contribution in [-0.4, -0.2) is 55.6 Å². The summed E-state index contributed by atoms with van der Waals surface area (Å²) in [6, 6.07) is 6.35. The van der Waals surface area contributed by atoms with Crippen molar-refractivity contribution in [1.82, 2.24) is 15.5 Å². The van der Waals surface area contributed by atoms with E-state index < -0.39 is 0 Å². The fraction of sp³-hybridized carbons (Fsp3) is 0.652. The number of amides is 1. The normalized spacial score (nSPS) is 19.2. The maximum Gasteiger partial charge on any atom is 0.225 e. The largest absolute Gasteiger partial charge is 0.494 e. The van der Waals surface area contributed by atoms with E-state index in [2.05, 4.69) is 22.5 Å². The highest BCUT2D eigenvalue weighted by Crippen LogP contribution is 2.27. The summed E-state index contributed by atoms with van der Waals surface area (Å²) in [5, 5.41) is 6.79. The first-order chi connectivity index (χ1) is 14.7. The highest BCUT2D eigenvalue weighted by molar-refractivity contribution is 14.0. The molecule has 1 atom stereocenters. The summed E-state index contributed by atoms with van der Waals surface area (Å²) in [5.74, 6) is 1.85. The standard InChI is InChI=1S/C23H35FN4O2.HI/c1-2-25-23(26-14-5-6-16-30-21-11-9-19(24)10-12-21)27-20-13-15-28(17-20)22(29)18-7-3-4-8-18;/h9-12,18,20H,2-8,13-17H2,1H3,(H2,25,26,27);1H. The molecule has 1 amide bonds. The Morgan fingerprint density at radius 3 is 2.65 bits per heavy atom. The number of unbranched alkanes of at least 4 members (excludes halogenated alkanes) is 1. The van der Waals surface area contributed by atoms with Crippen LogP contribution in [0, 0.1) is 11.7 Å². The van der Waals surface area contributed by atoms with Crippen LogP contribution in [0.25, 0.3) is 0 Å². The molecular formula is C23H36FIN4O2. The van der Waals surface area contributed by atoms with Crippen molar-refractivity contribution in [1.29, 1.82) is 0 Å². The van der Waals surface area contributed by atoms with E-state index in [9.17, 15) is 9.18 Å². The molecule has 1 saturated heterocycles. The average molecular weight is 546 g/mol. The molecule has 0 bridgehead atoms.